The highest BCUT2D eigenvalue weighted by atomic mass is 16.6. The van der Waals surface area contributed by atoms with Crippen LogP contribution >= 0.6 is 0 Å². The number of anilines is 1. The van der Waals surface area contributed by atoms with E-state index in [1.165, 1.54) is 6.92 Å². The summed E-state index contributed by atoms with van der Waals surface area (Å²) in [5.41, 5.74) is 1.52. The molecule has 2 aromatic carbocycles. The predicted molar refractivity (Wildman–Crippen MR) is 93.3 cm³/mol. The van der Waals surface area contributed by atoms with E-state index >= 15 is 0 Å². The topological polar surface area (TPSA) is 94.1 Å². The number of amides is 1. The van der Waals surface area contributed by atoms with Gasteiger partial charge in [0, 0.05) is 11.8 Å². The smallest absolute Gasteiger partial charge is 0.338 e. The Bertz CT molecular complexity index is 802. The summed E-state index contributed by atoms with van der Waals surface area (Å²) in [7, 11) is 0. The fraction of sp³-hybridized carbons (Fsp3) is 0.263. The first-order valence-corrected chi connectivity index (χ1v) is 8.18. The normalized spacial score (nSPS) is 13.6. The number of carbonyl (C=O) groups excluding carboxylic acids is 2. The molecule has 1 aliphatic rings. The van der Waals surface area contributed by atoms with Crippen LogP contribution in [0.3, 0.4) is 0 Å². The summed E-state index contributed by atoms with van der Waals surface area (Å²) >= 11 is 0. The van der Waals surface area contributed by atoms with Crippen molar-refractivity contribution in [2.45, 2.75) is 19.6 Å². The Morgan fingerprint density at radius 1 is 1.12 bits per heavy atom. The second-order valence-electron chi connectivity index (χ2n) is 5.75. The number of benzene rings is 2. The number of esters is 1. The van der Waals surface area contributed by atoms with Gasteiger partial charge in [-0.2, -0.15) is 0 Å². The van der Waals surface area contributed by atoms with Crippen LogP contribution in [0.1, 0.15) is 22.8 Å². The van der Waals surface area contributed by atoms with Crippen LogP contribution in [0.15, 0.2) is 42.5 Å². The summed E-state index contributed by atoms with van der Waals surface area (Å²) in [5, 5.41) is 11.7. The molecular formula is C19H19NO6. The molecule has 7 nitrogen and oxygen atoms in total. The fourth-order valence-electron chi connectivity index (χ4n) is 2.39. The molecule has 1 aliphatic heterocycles. The molecule has 1 atom stereocenters. The second kappa shape index (κ2) is 7.88. The highest BCUT2D eigenvalue weighted by molar-refractivity contribution is 5.97. The number of carbonyl (C=O) groups is 2. The highest BCUT2D eigenvalue weighted by Gasteiger charge is 2.20. The molecule has 7 heteroatoms. The molecule has 136 valence electrons. The van der Waals surface area contributed by atoms with E-state index in [4.69, 9.17) is 19.3 Å². The Morgan fingerprint density at radius 3 is 2.50 bits per heavy atom. The minimum Gasteiger partial charge on any atom is -0.486 e. The molecule has 0 radical (unpaired) electrons. The predicted octanol–water partition coefficient (Wildman–Crippen LogP) is 2.13. The lowest BCUT2D eigenvalue weighted by Crippen LogP contribution is -2.30. The number of ether oxygens (including phenoxy) is 3. The summed E-state index contributed by atoms with van der Waals surface area (Å²) in [6.45, 7) is 2.33. The van der Waals surface area contributed by atoms with Crippen molar-refractivity contribution in [1.82, 2.24) is 0 Å². The molecule has 1 amide bonds. The average Bonchev–Trinajstić information content (AvgIpc) is 2.67. The van der Waals surface area contributed by atoms with Gasteiger partial charge in [-0.1, -0.05) is 12.1 Å². The molecule has 26 heavy (non-hydrogen) atoms. The summed E-state index contributed by atoms with van der Waals surface area (Å²) in [4.78, 5) is 24.4. The summed E-state index contributed by atoms with van der Waals surface area (Å²) in [6, 6.07) is 11.4. The third-order valence-electron chi connectivity index (χ3n) is 3.83. The molecule has 2 aromatic rings. The quantitative estimate of drug-likeness (QED) is 0.796. The van der Waals surface area contributed by atoms with Crippen LogP contribution in [-0.4, -0.2) is 36.3 Å². The zero-order chi connectivity index (χ0) is 18.5. The van der Waals surface area contributed by atoms with Crippen molar-refractivity contribution < 1.29 is 28.9 Å². The molecule has 0 aliphatic carbocycles. The maximum atomic E-state index is 12.3. The van der Waals surface area contributed by atoms with Crippen LogP contribution in [0.5, 0.6) is 11.5 Å². The summed E-state index contributed by atoms with van der Waals surface area (Å²) in [5.74, 6) is 0.115. The maximum Gasteiger partial charge on any atom is 0.338 e. The van der Waals surface area contributed by atoms with E-state index in [9.17, 15) is 9.59 Å². The first-order chi connectivity index (χ1) is 12.6. The van der Waals surface area contributed by atoms with Gasteiger partial charge in [0.05, 0.1) is 12.2 Å². The van der Waals surface area contributed by atoms with Crippen LogP contribution in [0.25, 0.3) is 0 Å². The lowest BCUT2D eigenvalue weighted by Gasteiger charge is -2.19. The number of rotatable bonds is 5. The van der Waals surface area contributed by atoms with Crippen molar-refractivity contribution in [2.24, 2.45) is 0 Å². The van der Waals surface area contributed by atoms with E-state index in [0.29, 0.717) is 41.5 Å². The molecule has 0 unspecified atom stereocenters. The van der Waals surface area contributed by atoms with Crippen LogP contribution in [0.2, 0.25) is 0 Å². The van der Waals surface area contributed by atoms with Gasteiger partial charge in [-0.15, -0.1) is 0 Å². The molecule has 3 rings (SSSR count). The van der Waals surface area contributed by atoms with Gasteiger partial charge in [-0.25, -0.2) is 4.79 Å². The van der Waals surface area contributed by atoms with Crippen LogP contribution in [0, 0.1) is 0 Å². The van der Waals surface area contributed by atoms with Gasteiger partial charge in [0.2, 0.25) is 0 Å². The number of fused-ring (bicyclic) bond motifs is 1. The molecule has 2 N–H and O–H groups in total. The maximum absolute atomic E-state index is 12.3. The first-order valence-electron chi connectivity index (χ1n) is 8.18. The Morgan fingerprint density at radius 2 is 1.81 bits per heavy atom. The molecule has 0 saturated heterocycles. The summed E-state index contributed by atoms with van der Waals surface area (Å²) in [6.07, 6.45) is -0.979. The molecule has 0 spiro atoms. The van der Waals surface area contributed by atoms with Crippen LogP contribution in [-0.2, 0) is 16.1 Å². The number of hydrogen-bond donors (Lipinski definition) is 2. The Labute approximate surface area is 150 Å². The van der Waals surface area contributed by atoms with Gasteiger partial charge < -0.3 is 24.6 Å². The van der Waals surface area contributed by atoms with Gasteiger partial charge in [-0.05, 0) is 36.8 Å². The standard InChI is InChI=1S/C19H19NO6/c1-12(26-19(23)14-4-2-13(11-21)3-5-14)18(22)20-15-6-7-16-17(10-15)25-9-8-24-16/h2-7,10,12,21H,8-9,11H2,1H3,(H,20,22)/t12-/m1/s1. The SMILES string of the molecule is C[C@@H](OC(=O)c1ccc(CO)cc1)C(=O)Nc1ccc2c(c1)OCCO2. The van der Waals surface area contributed by atoms with Crippen LogP contribution < -0.4 is 14.8 Å². The van der Waals surface area contributed by atoms with E-state index in [-0.39, 0.29) is 6.61 Å². The van der Waals surface area contributed by atoms with E-state index in [0.717, 1.165) is 0 Å². The van der Waals surface area contributed by atoms with Crippen molar-refractivity contribution in [1.29, 1.82) is 0 Å². The molecule has 0 fully saturated rings. The minimum atomic E-state index is -0.979. The highest BCUT2D eigenvalue weighted by Crippen LogP contribution is 2.32. The number of aliphatic hydroxyl groups excluding tert-OH is 1. The molecule has 0 bridgehead atoms. The Kier molecular flexibility index (Phi) is 5.38. The molecule has 0 saturated carbocycles. The van der Waals surface area contributed by atoms with E-state index in [2.05, 4.69) is 5.32 Å². The molecular weight excluding hydrogens is 338 g/mol. The van der Waals surface area contributed by atoms with Gasteiger partial charge in [0.1, 0.15) is 13.2 Å². The lowest BCUT2D eigenvalue weighted by atomic mass is 10.1. The fourth-order valence-corrected chi connectivity index (χ4v) is 2.39. The Balaban J connectivity index is 1.59. The average molecular weight is 357 g/mol. The number of aliphatic hydroxyl groups is 1. The number of hydrogen-bond acceptors (Lipinski definition) is 6. The monoisotopic (exact) mass is 357 g/mol. The third kappa shape index (κ3) is 4.12. The first kappa shape index (κ1) is 17.8. The zero-order valence-electron chi connectivity index (χ0n) is 14.2. The summed E-state index contributed by atoms with van der Waals surface area (Å²) < 4.78 is 16.1. The molecule has 1 heterocycles. The van der Waals surface area contributed by atoms with Crippen LogP contribution in [0.4, 0.5) is 5.69 Å². The third-order valence-corrected chi connectivity index (χ3v) is 3.83. The lowest BCUT2D eigenvalue weighted by molar-refractivity contribution is -0.123. The zero-order valence-corrected chi connectivity index (χ0v) is 14.2. The van der Waals surface area contributed by atoms with Crippen molar-refractivity contribution in [3.05, 3.63) is 53.6 Å². The number of nitrogens with one attached hydrogen (secondary N) is 1. The Hall–Kier alpha value is -3.06. The van der Waals surface area contributed by atoms with Crippen molar-refractivity contribution in [3.8, 4) is 11.5 Å². The van der Waals surface area contributed by atoms with E-state index < -0.39 is 18.0 Å². The van der Waals surface area contributed by atoms with Gasteiger partial charge in [0.25, 0.3) is 5.91 Å². The van der Waals surface area contributed by atoms with Gasteiger partial charge in [-0.3, -0.25) is 4.79 Å². The largest absolute Gasteiger partial charge is 0.486 e. The van der Waals surface area contributed by atoms with E-state index in [1.807, 2.05) is 0 Å². The molecule has 0 aromatic heterocycles. The van der Waals surface area contributed by atoms with Crippen molar-refractivity contribution in [3.63, 3.8) is 0 Å². The van der Waals surface area contributed by atoms with Gasteiger partial charge >= 0.3 is 5.97 Å². The van der Waals surface area contributed by atoms with E-state index in [1.54, 1.807) is 42.5 Å². The minimum absolute atomic E-state index is 0.107. The van der Waals surface area contributed by atoms with Crippen molar-refractivity contribution >= 4 is 17.6 Å². The van der Waals surface area contributed by atoms with Gasteiger partial charge in [0.15, 0.2) is 17.6 Å². The second-order valence-corrected chi connectivity index (χ2v) is 5.75. The van der Waals surface area contributed by atoms with Crippen molar-refractivity contribution in [2.75, 3.05) is 18.5 Å².